The number of aliphatic imine (C=N–C) groups is 1. The molecular formula is C23H26N6O2. The zero-order valence-electron chi connectivity index (χ0n) is 17.7. The minimum atomic E-state index is -0.516. The van der Waals surface area contributed by atoms with Crippen LogP contribution in [0.25, 0.3) is 5.70 Å². The minimum absolute atomic E-state index is 0.0670. The van der Waals surface area contributed by atoms with Crippen molar-refractivity contribution in [2.75, 3.05) is 5.32 Å². The maximum absolute atomic E-state index is 12.5. The average molecular weight is 419 g/mol. The van der Waals surface area contributed by atoms with Gasteiger partial charge >= 0.3 is 0 Å². The molecule has 1 aromatic heterocycles. The zero-order valence-corrected chi connectivity index (χ0v) is 17.7. The van der Waals surface area contributed by atoms with E-state index in [1.807, 2.05) is 19.1 Å². The number of rotatable bonds is 9. The van der Waals surface area contributed by atoms with Crippen molar-refractivity contribution in [3.63, 3.8) is 0 Å². The van der Waals surface area contributed by atoms with E-state index in [1.165, 1.54) is 13.3 Å². The molecule has 1 amide bonds. The predicted octanol–water partition coefficient (Wildman–Crippen LogP) is 3.37. The number of allylic oxidation sites excluding steroid dienone is 1. The lowest BCUT2D eigenvalue weighted by Crippen LogP contribution is -2.39. The molecule has 3 rings (SSSR count). The molecule has 1 unspecified atom stereocenters. The summed E-state index contributed by atoms with van der Waals surface area (Å²) < 4.78 is 0. The van der Waals surface area contributed by atoms with Crippen LogP contribution in [0.4, 0.5) is 11.5 Å². The number of hydrogen-bond donors (Lipinski definition) is 3. The van der Waals surface area contributed by atoms with Crippen LogP contribution in [-0.4, -0.2) is 34.0 Å². The summed E-state index contributed by atoms with van der Waals surface area (Å²) in [5, 5.41) is 8.98. The maximum Gasteiger partial charge on any atom is 0.251 e. The first-order chi connectivity index (χ1) is 14.8. The van der Waals surface area contributed by atoms with Crippen LogP contribution in [0.5, 0.6) is 0 Å². The van der Waals surface area contributed by atoms with Gasteiger partial charge in [0.15, 0.2) is 11.6 Å². The van der Waals surface area contributed by atoms with Crippen molar-refractivity contribution >= 4 is 35.2 Å². The van der Waals surface area contributed by atoms with E-state index in [9.17, 15) is 9.59 Å². The number of nitrogens with one attached hydrogen (secondary N) is 3. The Morgan fingerprint density at radius 1 is 1.19 bits per heavy atom. The van der Waals surface area contributed by atoms with Gasteiger partial charge in [0.2, 0.25) is 0 Å². The van der Waals surface area contributed by atoms with Gasteiger partial charge in [-0.2, -0.15) is 0 Å². The van der Waals surface area contributed by atoms with Crippen molar-refractivity contribution in [1.29, 1.82) is 0 Å². The molecule has 2 heterocycles. The van der Waals surface area contributed by atoms with Gasteiger partial charge in [-0.05, 0) is 51.0 Å². The van der Waals surface area contributed by atoms with Gasteiger partial charge in [0.05, 0.1) is 36.5 Å². The molecular weight excluding hydrogens is 392 g/mol. The lowest BCUT2D eigenvalue weighted by molar-refractivity contribution is -0.118. The highest BCUT2D eigenvalue weighted by Crippen LogP contribution is 2.22. The summed E-state index contributed by atoms with van der Waals surface area (Å²) >= 11 is 0. The van der Waals surface area contributed by atoms with Gasteiger partial charge in [-0.3, -0.25) is 9.59 Å². The number of ketones is 1. The number of hydrogen-bond acceptors (Lipinski definition) is 7. The molecule has 1 aliphatic rings. The first kappa shape index (κ1) is 21.9. The number of aromatic nitrogens is 2. The Balaban J connectivity index is 1.58. The number of Topliss-reactive ketones (excluding diaryl/α,β-unsaturated/α-hetero) is 1. The quantitative estimate of drug-likeness (QED) is 0.539. The van der Waals surface area contributed by atoms with Crippen LogP contribution in [0.15, 0.2) is 54.2 Å². The SMILES string of the molecule is C=C(C)CCC(NC(=O)c1ccc(NCc2cnc3c(n2)C(=C)NC=N3)cc1)C(C)=O. The molecule has 0 spiro atoms. The average Bonchev–Trinajstić information content (AvgIpc) is 2.75. The van der Waals surface area contributed by atoms with Crippen molar-refractivity contribution in [3.05, 3.63) is 66.1 Å². The summed E-state index contributed by atoms with van der Waals surface area (Å²) in [5.41, 5.74) is 4.31. The van der Waals surface area contributed by atoms with Crippen LogP contribution < -0.4 is 16.0 Å². The van der Waals surface area contributed by atoms with E-state index in [0.29, 0.717) is 42.2 Å². The predicted molar refractivity (Wildman–Crippen MR) is 122 cm³/mol. The van der Waals surface area contributed by atoms with Crippen LogP contribution in [0, 0.1) is 0 Å². The molecule has 2 aromatic rings. The second-order valence-electron chi connectivity index (χ2n) is 7.48. The molecule has 1 aromatic carbocycles. The van der Waals surface area contributed by atoms with Crippen LogP contribution in [0.1, 0.15) is 48.4 Å². The van der Waals surface area contributed by atoms with Gasteiger partial charge in [-0.1, -0.05) is 12.2 Å². The largest absolute Gasteiger partial charge is 0.379 e. The van der Waals surface area contributed by atoms with Gasteiger partial charge < -0.3 is 16.0 Å². The van der Waals surface area contributed by atoms with Crippen molar-refractivity contribution in [2.45, 2.75) is 39.3 Å². The molecule has 0 fully saturated rings. The Bertz CT molecular complexity index is 1040. The third kappa shape index (κ3) is 5.85. The number of nitrogens with zero attached hydrogens (tertiary/aromatic N) is 3. The molecule has 1 atom stereocenters. The summed E-state index contributed by atoms with van der Waals surface area (Å²) in [6.45, 7) is 11.6. The van der Waals surface area contributed by atoms with Crippen molar-refractivity contribution in [3.8, 4) is 0 Å². The fraction of sp³-hybridized carbons (Fsp3) is 0.261. The lowest BCUT2D eigenvalue weighted by atomic mass is 10.0. The molecule has 0 saturated carbocycles. The molecule has 31 heavy (non-hydrogen) atoms. The lowest BCUT2D eigenvalue weighted by Gasteiger charge is -2.16. The van der Waals surface area contributed by atoms with Crippen molar-refractivity contribution in [2.24, 2.45) is 4.99 Å². The van der Waals surface area contributed by atoms with E-state index in [1.54, 1.807) is 18.3 Å². The molecule has 8 nitrogen and oxygen atoms in total. The zero-order chi connectivity index (χ0) is 22.4. The summed E-state index contributed by atoms with van der Waals surface area (Å²) in [4.78, 5) is 37.3. The van der Waals surface area contributed by atoms with E-state index in [4.69, 9.17) is 0 Å². The van der Waals surface area contributed by atoms with Crippen LogP contribution in [0.3, 0.4) is 0 Å². The minimum Gasteiger partial charge on any atom is -0.379 e. The van der Waals surface area contributed by atoms with Gasteiger partial charge in [0, 0.05) is 11.3 Å². The van der Waals surface area contributed by atoms with Gasteiger partial charge in [-0.15, -0.1) is 6.58 Å². The Kier molecular flexibility index (Phi) is 6.92. The molecule has 0 bridgehead atoms. The molecule has 0 aliphatic carbocycles. The summed E-state index contributed by atoms with van der Waals surface area (Å²) in [7, 11) is 0. The number of benzene rings is 1. The first-order valence-corrected chi connectivity index (χ1v) is 9.97. The Morgan fingerprint density at radius 3 is 2.61 bits per heavy atom. The smallest absolute Gasteiger partial charge is 0.251 e. The number of carbonyl (C=O) groups excluding carboxylic acids is 2. The standard InChI is InChI=1S/C23H26N6O2/c1-14(2)5-10-20(16(4)30)29-23(31)17-6-8-18(9-7-17)24-11-19-12-25-22-21(28-19)15(3)26-13-27-22/h6-9,12-13,20,24H,1,3,5,10-11H2,2,4H3,(H,29,31)(H,25,26,27). The monoisotopic (exact) mass is 418 g/mol. The second kappa shape index (κ2) is 9.80. The number of amides is 1. The highest BCUT2D eigenvalue weighted by atomic mass is 16.2. The normalized spacial score (nSPS) is 13.0. The van der Waals surface area contributed by atoms with E-state index in [2.05, 4.69) is 44.1 Å². The molecule has 8 heteroatoms. The summed E-state index contributed by atoms with van der Waals surface area (Å²) in [6, 6.07) is 6.53. The van der Waals surface area contributed by atoms with E-state index < -0.39 is 6.04 Å². The van der Waals surface area contributed by atoms with Crippen LogP contribution in [-0.2, 0) is 11.3 Å². The third-order valence-electron chi connectivity index (χ3n) is 4.79. The second-order valence-corrected chi connectivity index (χ2v) is 7.48. The van der Waals surface area contributed by atoms with E-state index >= 15 is 0 Å². The Labute approximate surface area is 181 Å². The number of fused-ring (bicyclic) bond motifs is 1. The van der Waals surface area contributed by atoms with Gasteiger partial charge in [-0.25, -0.2) is 15.0 Å². The maximum atomic E-state index is 12.5. The van der Waals surface area contributed by atoms with Crippen molar-refractivity contribution < 1.29 is 9.59 Å². The van der Waals surface area contributed by atoms with Crippen LogP contribution in [0.2, 0.25) is 0 Å². The fourth-order valence-corrected chi connectivity index (χ4v) is 2.98. The highest BCUT2D eigenvalue weighted by Gasteiger charge is 2.18. The van der Waals surface area contributed by atoms with Gasteiger partial charge in [0.25, 0.3) is 5.91 Å². The Hall–Kier alpha value is -3.81. The highest BCUT2D eigenvalue weighted by molar-refractivity contribution is 5.97. The fourth-order valence-electron chi connectivity index (χ4n) is 2.98. The Morgan fingerprint density at radius 2 is 1.94 bits per heavy atom. The van der Waals surface area contributed by atoms with Crippen molar-refractivity contribution in [1.82, 2.24) is 20.6 Å². The molecule has 0 saturated heterocycles. The molecule has 0 radical (unpaired) electrons. The summed E-state index contributed by atoms with van der Waals surface area (Å²) in [5.74, 6) is 0.193. The summed E-state index contributed by atoms with van der Waals surface area (Å²) in [6.07, 6.45) is 4.43. The number of carbonyl (C=O) groups is 2. The van der Waals surface area contributed by atoms with Crippen LogP contribution >= 0.6 is 0 Å². The molecule has 160 valence electrons. The van der Waals surface area contributed by atoms with E-state index in [-0.39, 0.29) is 11.7 Å². The number of anilines is 1. The third-order valence-corrected chi connectivity index (χ3v) is 4.79. The first-order valence-electron chi connectivity index (χ1n) is 9.97. The molecule has 3 N–H and O–H groups in total. The van der Waals surface area contributed by atoms with Gasteiger partial charge in [0.1, 0.15) is 5.69 Å². The van der Waals surface area contributed by atoms with E-state index in [0.717, 1.165) is 17.0 Å². The molecule has 1 aliphatic heterocycles. The topological polar surface area (TPSA) is 108 Å².